The van der Waals surface area contributed by atoms with E-state index in [0.29, 0.717) is 23.9 Å². The van der Waals surface area contributed by atoms with Crippen LogP contribution in [0, 0.1) is 0 Å². The van der Waals surface area contributed by atoms with Gasteiger partial charge in [0.05, 0.1) is 25.4 Å². The van der Waals surface area contributed by atoms with Crippen LogP contribution in [0.5, 0.6) is 0 Å². The Morgan fingerprint density at radius 1 is 1.30 bits per heavy atom. The molecule has 3 atom stereocenters. The molecule has 2 aromatic rings. The zero-order valence-corrected chi connectivity index (χ0v) is 16.3. The third kappa shape index (κ3) is 3.72. The molecular formula is C20H26ClN3O3. The fraction of sp³-hybridized carbons (Fsp3) is 0.550. The molecule has 1 aliphatic heterocycles. The van der Waals surface area contributed by atoms with E-state index in [2.05, 4.69) is 9.88 Å². The maximum atomic E-state index is 13.0. The number of benzene rings is 1. The number of hydrogen-bond acceptors (Lipinski definition) is 4. The van der Waals surface area contributed by atoms with Gasteiger partial charge in [0.25, 0.3) is 5.91 Å². The lowest BCUT2D eigenvalue weighted by Gasteiger charge is -2.45. The van der Waals surface area contributed by atoms with Gasteiger partial charge in [0.2, 0.25) is 0 Å². The van der Waals surface area contributed by atoms with Gasteiger partial charge in [-0.25, -0.2) is 0 Å². The zero-order chi connectivity index (χ0) is 19.0. The largest absolute Gasteiger partial charge is 0.389 e. The van der Waals surface area contributed by atoms with Crippen molar-refractivity contribution in [3.8, 4) is 0 Å². The van der Waals surface area contributed by atoms with Crippen LogP contribution < -0.4 is 0 Å². The van der Waals surface area contributed by atoms with Gasteiger partial charge in [-0.1, -0.05) is 11.6 Å². The van der Waals surface area contributed by atoms with E-state index in [1.165, 1.54) is 0 Å². The number of fused-ring (bicyclic) bond motifs is 1. The van der Waals surface area contributed by atoms with Crippen LogP contribution in [-0.4, -0.2) is 77.3 Å². The van der Waals surface area contributed by atoms with E-state index >= 15 is 0 Å². The molecule has 4 rings (SSSR count). The Labute approximate surface area is 164 Å². The summed E-state index contributed by atoms with van der Waals surface area (Å²) >= 11 is 6.04. The van der Waals surface area contributed by atoms with Crippen molar-refractivity contribution >= 4 is 28.4 Å². The third-order valence-electron chi connectivity index (χ3n) is 5.93. The second kappa shape index (κ2) is 7.80. The lowest BCUT2D eigenvalue weighted by molar-refractivity contribution is -0.0614. The first-order valence-electron chi connectivity index (χ1n) is 9.60. The zero-order valence-electron chi connectivity index (χ0n) is 15.5. The first-order chi connectivity index (χ1) is 13.0. The van der Waals surface area contributed by atoms with Gasteiger partial charge in [-0.3, -0.25) is 9.69 Å². The summed E-state index contributed by atoms with van der Waals surface area (Å²) < 4.78 is 5.43. The highest BCUT2D eigenvalue weighted by molar-refractivity contribution is 6.31. The number of nitrogens with one attached hydrogen (secondary N) is 1. The summed E-state index contributed by atoms with van der Waals surface area (Å²) in [6.45, 7) is 3.10. The van der Waals surface area contributed by atoms with E-state index in [0.717, 1.165) is 43.3 Å². The number of morpholine rings is 1. The summed E-state index contributed by atoms with van der Waals surface area (Å²) in [5, 5.41) is 12.6. The highest BCUT2D eigenvalue weighted by Gasteiger charge is 2.39. The molecular weight excluding hydrogens is 366 g/mol. The average Bonchev–Trinajstić information content (AvgIpc) is 3.11. The Morgan fingerprint density at radius 2 is 2.07 bits per heavy atom. The monoisotopic (exact) mass is 391 g/mol. The third-order valence-corrected chi connectivity index (χ3v) is 6.17. The normalized spacial score (nSPS) is 27.0. The van der Waals surface area contributed by atoms with Crippen molar-refractivity contribution in [1.29, 1.82) is 0 Å². The molecule has 2 heterocycles. The fourth-order valence-corrected chi connectivity index (χ4v) is 4.60. The smallest absolute Gasteiger partial charge is 0.270 e. The summed E-state index contributed by atoms with van der Waals surface area (Å²) in [6.07, 6.45) is 2.23. The van der Waals surface area contributed by atoms with Gasteiger partial charge < -0.3 is 19.7 Å². The maximum Gasteiger partial charge on any atom is 0.270 e. The van der Waals surface area contributed by atoms with Gasteiger partial charge in [0.1, 0.15) is 5.69 Å². The van der Waals surface area contributed by atoms with Crippen molar-refractivity contribution in [1.82, 2.24) is 14.8 Å². The van der Waals surface area contributed by atoms with Gasteiger partial charge >= 0.3 is 0 Å². The Kier molecular flexibility index (Phi) is 5.41. The molecule has 1 saturated carbocycles. The fourth-order valence-electron chi connectivity index (χ4n) is 4.42. The minimum absolute atomic E-state index is 0.0874. The Hall–Kier alpha value is -1.60. The number of aliphatic hydroxyl groups is 1. The van der Waals surface area contributed by atoms with Crippen LogP contribution >= 0.6 is 11.6 Å². The number of likely N-dealkylation sites (N-methyl/N-ethyl adjacent to an activating group) is 1. The molecule has 1 aromatic carbocycles. The lowest BCUT2D eigenvalue weighted by Crippen LogP contribution is -2.58. The number of amides is 1. The quantitative estimate of drug-likeness (QED) is 0.843. The molecule has 1 aliphatic carbocycles. The second-order valence-corrected chi connectivity index (χ2v) is 7.97. The molecule has 7 heteroatoms. The summed E-state index contributed by atoms with van der Waals surface area (Å²) in [7, 11) is 1.79. The predicted molar refractivity (Wildman–Crippen MR) is 105 cm³/mol. The van der Waals surface area contributed by atoms with Crippen LogP contribution in [0.15, 0.2) is 24.3 Å². The molecule has 1 amide bonds. The first kappa shape index (κ1) is 18.7. The summed E-state index contributed by atoms with van der Waals surface area (Å²) in [4.78, 5) is 20.2. The van der Waals surface area contributed by atoms with E-state index in [1.54, 1.807) is 18.0 Å². The number of rotatable bonds is 3. The molecule has 1 saturated heterocycles. The van der Waals surface area contributed by atoms with E-state index < -0.39 is 6.10 Å². The van der Waals surface area contributed by atoms with Crippen LogP contribution in [0.25, 0.3) is 10.9 Å². The van der Waals surface area contributed by atoms with Crippen molar-refractivity contribution in [2.45, 2.75) is 37.5 Å². The van der Waals surface area contributed by atoms with Gasteiger partial charge in [-0.2, -0.15) is 0 Å². The number of aromatic amines is 1. The predicted octanol–water partition coefficient (Wildman–Crippen LogP) is 2.51. The molecule has 0 spiro atoms. The molecule has 2 N–H and O–H groups in total. The number of ether oxygens (including phenoxy) is 1. The van der Waals surface area contributed by atoms with E-state index in [4.69, 9.17) is 16.3 Å². The molecule has 0 radical (unpaired) electrons. The van der Waals surface area contributed by atoms with Gasteiger partial charge in [-0.05, 0) is 43.5 Å². The van der Waals surface area contributed by atoms with Crippen LogP contribution in [-0.2, 0) is 4.74 Å². The lowest BCUT2D eigenvalue weighted by atomic mass is 9.86. The van der Waals surface area contributed by atoms with E-state index in [9.17, 15) is 9.90 Å². The second-order valence-electron chi connectivity index (χ2n) is 7.54. The van der Waals surface area contributed by atoms with Crippen molar-refractivity contribution in [3.63, 3.8) is 0 Å². The van der Waals surface area contributed by atoms with Crippen LogP contribution in [0.2, 0.25) is 5.02 Å². The average molecular weight is 392 g/mol. The Morgan fingerprint density at radius 3 is 2.85 bits per heavy atom. The molecule has 1 aromatic heterocycles. The van der Waals surface area contributed by atoms with Gasteiger partial charge in [0.15, 0.2) is 0 Å². The van der Waals surface area contributed by atoms with Crippen molar-refractivity contribution in [2.75, 3.05) is 33.4 Å². The summed E-state index contributed by atoms with van der Waals surface area (Å²) in [5.74, 6) is -0.103. The number of hydrogen-bond donors (Lipinski definition) is 2. The molecule has 146 valence electrons. The maximum absolute atomic E-state index is 13.0. The number of aromatic nitrogens is 1. The molecule has 6 nitrogen and oxygen atoms in total. The summed E-state index contributed by atoms with van der Waals surface area (Å²) in [5.41, 5.74) is 1.40. The first-order valence-corrected chi connectivity index (χ1v) is 9.97. The molecule has 0 unspecified atom stereocenters. The Balaban J connectivity index is 1.51. The minimum Gasteiger partial charge on any atom is -0.389 e. The number of nitrogens with zero attached hydrogens (tertiary/aromatic N) is 2. The standard InChI is InChI=1S/C20H26ClN3O3/c1-23(20(26)16-12-13-11-14(21)5-6-15(13)22-16)17-3-2-4-18(19(17)25)24-7-9-27-10-8-24/h5-6,11-12,17-19,22,25H,2-4,7-10H2,1H3/t17-,18-,19-/m1/s1. The number of halogens is 1. The van der Waals surface area contributed by atoms with E-state index in [1.807, 2.05) is 18.2 Å². The number of H-pyrrole nitrogens is 1. The summed E-state index contributed by atoms with van der Waals surface area (Å²) in [6, 6.07) is 7.25. The van der Waals surface area contributed by atoms with Crippen molar-refractivity contribution in [2.24, 2.45) is 0 Å². The SMILES string of the molecule is CN(C(=O)c1cc2cc(Cl)ccc2[nH]1)[C@@H]1CCC[C@@H](N2CCOCC2)[C@@H]1O. The molecule has 0 bridgehead atoms. The van der Waals surface area contributed by atoms with Crippen molar-refractivity contribution < 1.29 is 14.6 Å². The topological polar surface area (TPSA) is 68.8 Å². The molecule has 2 aliphatic rings. The molecule has 2 fully saturated rings. The van der Waals surface area contributed by atoms with Gasteiger partial charge in [0, 0.05) is 42.1 Å². The van der Waals surface area contributed by atoms with E-state index in [-0.39, 0.29) is 18.0 Å². The number of carbonyl (C=O) groups is 1. The Bertz CT molecular complexity index is 818. The van der Waals surface area contributed by atoms with Crippen LogP contribution in [0.3, 0.4) is 0 Å². The van der Waals surface area contributed by atoms with Gasteiger partial charge in [-0.15, -0.1) is 0 Å². The van der Waals surface area contributed by atoms with Crippen molar-refractivity contribution in [3.05, 3.63) is 35.0 Å². The van der Waals surface area contributed by atoms with Crippen LogP contribution in [0.4, 0.5) is 0 Å². The highest BCUT2D eigenvalue weighted by atomic mass is 35.5. The highest BCUT2D eigenvalue weighted by Crippen LogP contribution is 2.29. The number of aliphatic hydroxyl groups excluding tert-OH is 1. The molecule has 27 heavy (non-hydrogen) atoms. The van der Waals surface area contributed by atoms with Crippen LogP contribution in [0.1, 0.15) is 29.8 Å². The minimum atomic E-state index is -0.551. The number of carbonyl (C=O) groups excluding carboxylic acids is 1.